The number of hydrogen-bond donors (Lipinski definition) is 1. The maximum Gasteiger partial charge on any atom is 0.301 e. The van der Waals surface area contributed by atoms with Gasteiger partial charge in [-0.25, -0.2) is 8.96 Å². The van der Waals surface area contributed by atoms with Gasteiger partial charge >= 0.3 is 10.0 Å². The first-order valence-electron chi connectivity index (χ1n) is 9.02. The summed E-state index contributed by atoms with van der Waals surface area (Å²) in [6.45, 7) is 1.23. The van der Waals surface area contributed by atoms with Gasteiger partial charge in [-0.2, -0.15) is 8.42 Å². The van der Waals surface area contributed by atoms with Gasteiger partial charge in [0.15, 0.2) is 0 Å². The van der Waals surface area contributed by atoms with Crippen molar-refractivity contribution < 1.29 is 13.2 Å². The summed E-state index contributed by atoms with van der Waals surface area (Å²) in [7, 11) is -2.29. The molecule has 160 valence electrons. The number of hydrogen-bond acceptors (Lipinski definition) is 5. The molecule has 0 atom stereocenters. The van der Waals surface area contributed by atoms with Gasteiger partial charge in [-0.05, 0) is 35.9 Å². The summed E-state index contributed by atoms with van der Waals surface area (Å²) in [5, 5.41) is -0.100. The van der Waals surface area contributed by atoms with Crippen LogP contribution in [0.2, 0.25) is 0 Å². The highest BCUT2D eigenvalue weighted by molar-refractivity contribution is 7.89. The molecule has 0 saturated heterocycles. The van der Waals surface area contributed by atoms with E-state index in [1.807, 2.05) is 23.1 Å². The maximum atomic E-state index is 13.1. The van der Waals surface area contributed by atoms with Crippen LogP contribution in [-0.4, -0.2) is 52.7 Å². The number of aryl methyl sites for hydroxylation is 1. The number of nitrogens with two attached hydrogens (primary N) is 1. The van der Waals surface area contributed by atoms with Crippen LogP contribution in [0, 0.1) is 0 Å². The number of amides is 1. The fraction of sp³-hybridized carbons (Fsp3) is 0.263. The Bertz CT molecular complexity index is 1190. The van der Waals surface area contributed by atoms with E-state index in [9.17, 15) is 13.2 Å². The Labute approximate surface area is 184 Å². The standard InChI is InChI=1S/C19H21Cl2N5O3S/c1-24-17-4-3-15(25(10-7-20)11-8-21)12-16(17)23-19(24)30(28,29)26-9-6-14(13-26)2-5-18(22)27/h2-6,9,12-13H,7-8,10-11H2,1H3,(H2,22,27). The van der Waals surface area contributed by atoms with Crippen molar-refractivity contribution >= 4 is 61.9 Å². The van der Waals surface area contributed by atoms with E-state index < -0.39 is 15.9 Å². The Morgan fingerprint density at radius 3 is 2.57 bits per heavy atom. The van der Waals surface area contributed by atoms with Gasteiger partial charge in [-0.3, -0.25) is 4.79 Å². The normalized spacial score (nSPS) is 12.1. The van der Waals surface area contributed by atoms with Crippen molar-refractivity contribution in [2.75, 3.05) is 29.7 Å². The van der Waals surface area contributed by atoms with Crippen molar-refractivity contribution in [1.82, 2.24) is 13.5 Å². The molecular weight excluding hydrogens is 449 g/mol. The van der Waals surface area contributed by atoms with Crippen molar-refractivity contribution in [3.63, 3.8) is 0 Å². The SMILES string of the molecule is Cn1c(S(=O)(=O)n2ccc(C=CC(N)=O)c2)nc2cc(N(CCCl)CCCl)ccc21. The molecule has 1 amide bonds. The van der Waals surface area contributed by atoms with Crippen molar-refractivity contribution in [2.24, 2.45) is 12.8 Å². The van der Waals surface area contributed by atoms with Crippen LogP contribution in [0.3, 0.4) is 0 Å². The molecule has 0 saturated carbocycles. The molecule has 2 N–H and O–H groups in total. The van der Waals surface area contributed by atoms with E-state index in [1.165, 1.54) is 23.0 Å². The first-order valence-corrected chi connectivity index (χ1v) is 11.5. The van der Waals surface area contributed by atoms with E-state index >= 15 is 0 Å². The average molecular weight is 470 g/mol. The quantitative estimate of drug-likeness (QED) is 0.382. The molecule has 0 aliphatic rings. The number of nitrogens with zero attached hydrogens (tertiary/aromatic N) is 4. The lowest BCUT2D eigenvalue weighted by molar-refractivity contribution is -0.113. The Morgan fingerprint density at radius 2 is 1.93 bits per heavy atom. The summed E-state index contributed by atoms with van der Waals surface area (Å²) in [5.41, 5.74) is 7.69. The van der Waals surface area contributed by atoms with Crippen LogP contribution in [-0.2, 0) is 21.9 Å². The first-order chi connectivity index (χ1) is 14.3. The van der Waals surface area contributed by atoms with Crippen LogP contribution >= 0.6 is 23.2 Å². The molecule has 11 heteroatoms. The highest BCUT2D eigenvalue weighted by Crippen LogP contribution is 2.25. The Kier molecular flexibility index (Phi) is 6.74. The number of anilines is 1. The van der Waals surface area contributed by atoms with E-state index in [0.29, 0.717) is 41.4 Å². The molecule has 0 bridgehead atoms. The monoisotopic (exact) mass is 469 g/mol. The third-order valence-corrected chi connectivity index (χ3v) is 6.48. The molecule has 0 spiro atoms. The first kappa shape index (κ1) is 22.2. The van der Waals surface area contributed by atoms with Crippen molar-refractivity contribution in [3.05, 3.63) is 48.3 Å². The van der Waals surface area contributed by atoms with Gasteiger partial charge in [-0.15, -0.1) is 23.2 Å². The molecule has 30 heavy (non-hydrogen) atoms. The van der Waals surface area contributed by atoms with E-state index in [0.717, 1.165) is 15.7 Å². The van der Waals surface area contributed by atoms with E-state index in [4.69, 9.17) is 28.9 Å². The van der Waals surface area contributed by atoms with Crippen molar-refractivity contribution in [1.29, 1.82) is 0 Å². The van der Waals surface area contributed by atoms with Gasteiger partial charge in [0, 0.05) is 56.1 Å². The van der Waals surface area contributed by atoms with Crippen molar-refractivity contribution in [2.45, 2.75) is 5.16 Å². The second-order valence-corrected chi connectivity index (χ2v) is 9.00. The summed E-state index contributed by atoms with van der Waals surface area (Å²) in [4.78, 5) is 17.3. The number of carbonyl (C=O) groups is 1. The predicted molar refractivity (Wildman–Crippen MR) is 120 cm³/mol. The number of primary amides is 1. The predicted octanol–water partition coefficient (Wildman–Crippen LogP) is 2.39. The third kappa shape index (κ3) is 4.48. The molecular formula is C19H21Cl2N5O3S. The maximum absolute atomic E-state index is 13.1. The molecule has 2 aromatic heterocycles. The summed E-state index contributed by atoms with van der Waals surface area (Å²) in [6, 6.07) is 7.10. The number of rotatable bonds is 9. The number of imidazole rings is 1. The second kappa shape index (κ2) is 9.11. The summed E-state index contributed by atoms with van der Waals surface area (Å²) in [5.74, 6) is 0.266. The molecule has 0 radical (unpaired) electrons. The molecule has 0 aliphatic carbocycles. The number of alkyl halides is 2. The van der Waals surface area contributed by atoms with E-state index in [2.05, 4.69) is 4.98 Å². The zero-order chi connectivity index (χ0) is 21.9. The minimum atomic E-state index is -3.94. The largest absolute Gasteiger partial charge is 0.369 e. The Morgan fingerprint density at radius 1 is 1.23 bits per heavy atom. The lowest BCUT2D eigenvalue weighted by Gasteiger charge is -2.22. The summed E-state index contributed by atoms with van der Waals surface area (Å²) in [6.07, 6.45) is 5.39. The minimum Gasteiger partial charge on any atom is -0.369 e. The van der Waals surface area contributed by atoms with Gasteiger partial charge < -0.3 is 15.2 Å². The number of halogens is 2. The molecule has 3 aromatic rings. The average Bonchev–Trinajstić information content (AvgIpc) is 3.31. The highest BCUT2D eigenvalue weighted by Gasteiger charge is 2.24. The number of aromatic nitrogens is 3. The van der Waals surface area contributed by atoms with Crippen LogP contribution in [0.5, 0.6) is 0 Å². The molecule has 2 heterocycles. The van der Waals surface area contributed by atoms with Gasteiger partial charge in [0.05, 0.1) is 11.0 Å². The fourth-order valence-corrected chi connectivity index (χ4v) is 4.82. The van der Waals surface area contributed by atoms with Gasteiger partial charge in [0.1, 0.15) is 0 Å². The summed E-state index contributed by atoms with van der Waals surface area (Å²) < 4.78 is 28.8. The topological polar surface area (TPSA) is 103 Å². The molecule has 3 rings (SSSR count). The van der Waals surface area contributed by atoms with Gasteiger partial charge in [-0.1, -0.05) is 0 Å². The second-order valence-electron chi connectivity index (χ2n) is 6.51. The van der Waals surface area contributed by atoms with Crippen LogP contribution in [0.4, 0.5) is 5.69 Å². The molecule has 0 aliphatic heterocycles. The molecule has 0 fully saturated rings. The smallest absolute Gasteiger partial charge is 0.301 e. The van der Waals surface area contributed by atoms with E-state index in [1.54, 1.807) is 13.1 Å². The van der Waals surface area contributed by atoms with E-state index in [-0.39, 0.29) is 5.16 Å². The molecule has 0 unspecified atom stereocenters. The third-order valence-electron chi connectivity index (χ3n) is 4.54. The van der Waals surface area contributed by atoms with Crippen LogP contribution in [0.25, 0.3) is 17.1 Å². The lowest BCUT2D eigenvalue weighted by atomic mass is 10.2. The zero-order valence-electron chi connectivity index (χ0n) is 16.2. The van der Waals surface area contributed by atoms with Crippen LogP contribution < -0.4 is 10.6 Å². The summed E-state index contributed by atoms with van der Waals surface area (Å²) >= 11 is 11.8. The number of carbonyl (C=O) groups excluding carboxylic acids is 1. The molecule has 8 nitrogen and oxygen atoms in total. The van der Waals surface area contributed by atoms with Crippen LogP contribution in [0.1, 0.15) is 5.56 Å². The van der Waals surface area contributed by atoms with Crippen molar-refractivity contribution in [3.8, 4) is 0 Å². The van der Waals surface area contributed by atoms with Gasteiger partial charge in [0.2, 0.25) is 11.1 Å². The van der Waals surface area contributed by atoms with Crippen LogP contribution in [0.15, 0.2) is 47.9 Å². The Hall–Kier alpha value is -2.49. The zero-order valence-corrected chi connectivity index (χ0v) is 18.5. The lowest BCUT2D eigenvalue weighted by Crippen LogP contribution is -2.27. The van der Waals surface area contributed by atoms with Gasteiger partial charge in [0.25, 0.3) is 0 Å². The fourth-order valence-electron chi connectivity index (χ4n) is 3.08. The number of fused-ring (bicyclic) bond motifs is 1. The number of benzene rings is 1. The highest BCUT2D eigenvalue weighted by atomic mass is 35.5. The minimum absolute atomic E-state index is 0.100. The molecule has 1 aromatic carbocycles. The Balaban J connectivity index is 2.01.